The number of rotatable bonds is 3. The predicted octanol–water partition coefficient (Wildman–Crippen LogP) is 2.92. The molecule has 1 fully saturated rings. The summed E-state index contributed by atoms with van der Waals surface area (Å²) in [5.74, 6) is -1.82. The Bertz CT molecular complexity index is 421. The molecular formula is C12H13F2NOS. The molecule has 5 heteroatoms. The molecule has 1 aromatic carbocycles. The predicted molar refractivity (Wildman–Crippen MR) is 65.1 cm³/mol. The smallest absolute Gasteiger partial charge is 0.191 e. The van der Waals surface area contributed by atoms with Crippen molar-refractivity contribution in [1.82, 2.24) is 0 Å². The van der Waals surface area contributed by atoms with Crippen LogP contribution in [-0.4, -0.2) is 11.1 Å². The number of hydrogen-bond donors (Lipinski definition) is 1. The lowest BCUT2D eigenvalue weighted by Crippen LogP contribution is -2.15. The van der Waals surface area contributed by atoms with E-state index < -0.39 is 11.6 Å². The van der Waals surface area contributed by atoms with Crippen LogP contribution in [0, 0.1) is 11.6 Å². The number of ether oxygens (including phenoxy) is 1. The van der Waals surface area contributed by atoms with Crippen LogP contribution in [0.3, 0.4) is 0 Å². The quantitative estimate of drug-likeness (QED) is 0.846. The van der Waals surface area contributed by atoms with Crippen molar-refractivity contribution in [2.24, 2.45) is 5.73 Å². The van der Waals surface area contributed by atoms with Crippen LogP contribution in [0.5, 0.6) is 5.75 Å². The van der Waals surface area contributed by atoms with Crippen LogP contribution >= 0.6 is 12.2 Å². The van der Waals surface area contributed by atoms with Gasteiger partial charge in [-0.1, -0.05) is 12.2 Å². The summed E-state index contributed by atoms with van der Waals surface area (Å²) in [5.41, 5.74) is 5.50. The molecule has 0 saturated heterocycles. The Hall–Kier alpha value is -1.23. The fourth-order valence-corrected chi connectivity index (χ4v) is 2.11. The van der Waals surface area contributed by atoms with Crippen molar-refractivity contribution in [3.05, 3.63) is 29.3 Å². The lowest BCUT2D eigenvalue weighted by Gasteiger charge is -2.15. The molecule has 1 saturated carbocycles. The molecule has 0 aliphatic heterocycles. The van der Waals surface area contributed by atoms with Crippen molar-refractivity contribution in [2.45, 2.75) is 31.8 Å². The Labute approximate surface area is 104 Å². The first-order valence-electron chi connectivity index (χ1n) is 5.53. The fraction of sp³-hybridized carbons (Fsp3) is 0.417. The first-order valence-corrected chi connectivity index (χ1v) is 5.94. The maximum Gasteiger partial charge on any atom is 0.191 e. The molecule has 0 radical (unpaired) electrons. The van der Waals surface area contributed by atoms with Crippen molar-refractivity contribution < 1.29 is 13.5 Å². The van der Waals surface area contributed by atoms with Crippen molar-refractivity contribution in [2.75, 3.05) is 0 Å². The lowest BCUT2D eigenvalue weighted by molar-refractivity contribution is 0.191. The molecule has 2 nitrogen and oxygen atoms in total. The van der Waals surface area contributed by atoms with E-state index in [-0.39, 0.29) is 22.4 Å². The van der Waals surface area contributed by atoms with Crippen molar-refractivity contribution in [3.8, 4) is 5.75 Å². The van der Waals surface area contributed by atoms with Crippen molar-refractivity contribution in [3.63, 3.8) is 0 Å². The summed E-state index contributed by atoms with van der Waals surface area (Å²) in [6, 6.07) is 2.21. The van der Waals surface area contributed by atoms with Crippen LogP contribution in [0.25, 0.3) is 0 Å². The van der Waals surface area contributed by atoms with Gasteiger partial charge in [-0.2, -0.15) is 0 Å². The number of halogens is 2. The van der Waals surface area contributed by atoms with E-state index in [4.69, 9.17) is 10.5 Å². The maximum absolute atomic E-state index is 13.6. The minimum absolute atomic E-state index is 0.0322. The number of hydrogen-bond acceptors (Lipinski definition) is 2. The van der Waals surface area contributed by atoms with Gasteiger partial charge in [-0.05, 0) is 37.8 Å². The van der Waals surface area contributed by atoms with Gasteiger partial charge >= 0.3 is 0 Å². The highest BCUT2D eigenvalue weighted by Gasteiger charge is 2.21. The molecule has 1 aliphatic rings. The molecule has 0 heterocycles. The van der Waals surface area contributed by atoms with Gasteiger partial charge in [-0.15, -0.1) is 0 Å². The van der Waals surface area contributed by atoms with Crippen LogP contribution in [0.1, 0.15) is 31.2 Å². The minimum atomic E-state index is -0.750. The molecule has 17 heavy (non-hydrogen) atoms. The summed E-state index contributed by atoms with van der Waals surface area (Å²) in [5, 5.41) is 0. The highest BCUT2D eigenvalue weighted by atomic mass is 32.1. The largest absolute Gasteiger partial charge is 0.484 e. The first-order chi connectivity index (χ1) is 8.08. The Morgan fingerprint density at radius 2 is 1.76 bits per heavy atom. The van der Waals surface area contributed by atoms with Crippen molar-refractivity contribution >= 4 is 17.2 Å². The van der Waals surface area contributed by atoms with E-state index in [0.29, 0.717) is 0 Å². The number of nitrogens with two attached hydrogens (primary N) is 1. The van der Waals surface area contributed by atoms with E-state index in [9.17, 15) is 8.78 Å². The molecule has 1 aliphatic carbocycles. The molecule has 0 bridgehead atoms. The Morgan fingerprint density at radius 3 is 2.24 bits per heavy atom. The van der Waals surface area contributed by atoms with Gasteiger partial charge in [0, 0.05) is 5.56 Å². The van der Waals surface area contributed by atoms with E-state index in [0.717, 1.165) is 37.8 Å². The van der Waals surface area contributed by atoms with Gasteiger partial charge in [0.05, 0.1) is 6.10 Å². The highest BCUT2D eigenvalue weighted by Crippen LogP contribution is 2.29. The summed E-state index contributed by atoms with van der Waals surface area (Å²) in [7, 11) is 0. The second kappa shape index (κ2) is 4.96. The topological polar surface area (TPSA) is 35.2 Å². The minimum Gasteiger partial charge on any atom is -0.484 e. The molecular weight excluding hydrogens is 244 g/mol. The Balaban J connectivity index is 2.24. The summed E-state index contributed by atoms with van der Waals surface area (Å²) in [4.78, 5) is -0.0322. The van der Waals surface area contributed by atoms with Gasteiger partial charge in [0.2, 0.25) is 0 Å². The normalized spacial score (nSPS) is 16.1. The van der Waals surface area contributed by atoms with Gasteiger partial charge in [0.1, 0.15) is 4.99 Å². The van der Waals surface area contributed by atoms with E-state index in [1.165, 1.54) is 0 Å². The third kappa shape index (κ3) is 2.72. The van der Waals surface area contributed by atoms with Crippen LogP contribution in [-0.2, 0) is 0 Å². The second-order valence-electron chi connectivity index (χ2n) is 4.16. The van der Waals surface area contributed by atoms with Crippen LogP contribution in [0.15, 0.2) is 12.1 Å². The molecule has 2 N–H and O–H groups in total. The van der Waals surface area contributed by atoms with E-state index in [1.807, 2.05) is 0 Å². The third-order valence-electron chi connectivity index (χ3n) is 2.87. The second-order valence-corrected chi connectivity index (χ2v) is 4.60. The standard InChI is InChI=1S/C12H13F2NOS/c13-9-5-7(12(15)17)6-10(14)11(9)16-8-3-1-2-4-8/h5-6,8H,1-4H2,(H2,15,17). The van der Waals surface area contributed by atoms with Crippen LogP contribution < -0.4 is 10.5 Å². The van der Waals surface area contributed by atoms with Gasteiger partial charge < -0.3 is 10.5 Å². The number of thiocarbonyl (C=S) groups is 1. The summed E-state index contributed by atoms with van der Waals surface area (Å²) < 4.78 is 32.6. The van der Waals surface area contributed by atoms with Gasteiger partial charge in [0.15, 0.2) is 17.4 Å². The SMILES string of the molecule is NC(=S)c1cc(F)c(OC2CCCC2)c(F)c1. The molecule has 0 spiro atoms. The molecule has 0 atom stereocenters. The molecule has 0 amide bonds. The van der Waals surface area contributed by atoms with Crippen LogP contribution in [0.4, 0.5) is 8.78 Å². The van der Waals surface area contributed by atoms with Crippen molar-refractivity contribution in [1.29, 1.82) is 0 Å². The number of benzene rings is 1. The Morgan fingerprint density at radius 1 is 1.24 bits per heavy atom. The van der Waals surface area contributed by atoms with Gasteiger partial charge in [-0.3, -0.25) is 0 Å². The van der Waals surface area contributed by atoms with E-state index in [2.05, 4.69) is 12.2 Å². The molecule has 0 unspecified atom stereocenters. The van der Waals surface area contributed by atoms with Gasteiger partial charge in [-0.25, -0.2) is 8.78 Å². The molecule has 0 aromatic heterocycles. The van der Waals surface area contributed by atoms with Gasteiger partial charge in [0.25, 0.3) is 0 Å². The fourth-order valence-electron chi connectivity index (χ4n) is 1.99. The lowest BCUT2D eigenvalue weighted by atomic mass is 10.2. The van der Waals surface area contributed by atoms with E-state index >= 15 is 0 Å². The molecule has 92 valence electrons. The molecule has 1 aromatic rings. The highest BCUT2D eigenvalue weighted by molar-refractivity contribution is 7.80. The summed E-state index contributed by atoms with van der Waals surface area (Å²) in [6.45, 7) is 0. The zero-order chi connectivity index (χ0) is 12.4. The van der Waals surface area contributed by atoms with E-state index in [1.54, 1.807) is 0 Å². The Kier molecular flexibility index (Phi) is 3.57. The van der Waals surface area contributed by atoms with Crippen LogP contribution in [0.2, 0.25) is 0 Å². The monoisotopic (exact) mass is 257 g/mol. The summed E-state index contributed by atoms with van der Waals surface area (Å²) >= 11 is 4.67. The zero-order valence-electron chi connectivity index (χ0n) is 9.21. The average molecular weight is 257 g/mol. The zero-order valence-corrected chi connectivity index (χ0v) is 10.0. The third-order valence-corrected chi connectivity index (χ3v) is 3.11. The molecule has 2 rings (SSSR count). The first kappa shape index (κ1) is 12.2. The summed E-state index contributed by atoms with van der Waals surface area (Å²) in [6.07, 6.45) is 3.68. The average Bonchev–Trinajstić information content (AvgIpc) is 2.75. The maximum atomic E-state index is 13.6.